The molecule has 3 heterocycles. The minimum Gasteiger partial charge on any atom is -0.350 e. The van der Waals surface area contributed by atoms with E-state index in [2.05, 4.69) is 25.5 Å². The van der Waals surface area contributed by atoms with Gasteiger partial charge >= 0.3 is 0 Å². The number of fused-ring (bicyclic) bond motifs is 1. The number of rotatable bonds is 3. The first kappa shape index (κ1) is 15.3. The molecule has 3 aromatic rings. The Kier molecular flexibility index (Phi) is 3.85. The lowest BCUT2D eigenvalue weighted by Crippen LogP contribution is -2.33. The Morgan fingerprint density at radius 3 is 2.72 bits per heavy atom. The van der Waals surface area contributed by atoms with Gasteiger partial charge in [-0.2, -0.15) is 5.10 Å². The van der Waals surface area contributed by atoms with Crippen molar-refractivity contribution in [3.8, 4) is 0 Å². The topological polar surface area (TPSA) is 104 Å². The number of hydrogen-bond acceptors (Lipinski definition) is 6. The van der Waals surface area contributed by atoms with Crippen LogP contribution in [-0.2, 0) is 0 Å². The van der Waals surface area contributed by atoms with Gasteiger partial charge in [-0.25, -0.2) is 15.1 Å². The van der Waals surface area contributed by atoms with Gasteiger partial charge in [0.15, 0.2) is 5.69 Å². The summed E-state index contributed by atoms with van der Waals surface area (Å²) in [6.07, 6.45) is 4.14. The molecule has 1 aromatic carbocycles. The Morgan fingerprint density at radius 2 is 1.92 bits per heavy atom. The first-order valence-corrected chi connectivity index (χ1v) is 8.02. The fraction of sp³-hybridized carbons (Fsp3) is 0.235. The minimum atomic E-state index is -0.297. The van der Waals surface area contributed by atoms with E-state index in [1.165, 1.54) is 0 Å². The van der Waals surface area contributed by atoms with E-state index in [9.17, 15) is 9.59 Å². The van der Waals surface area contributed by atoms with Crippen LogP contribution in [0.4, 0.5) is 5.95 Å². The van der Waals surface area contributed by atoms with Gasteiger partial charge in [-0.1, -0.05) is 18.2 Å². The van der Waals surface area contributed by atoms with Crippen LogP contribution in [0.15, 0.2) is 47.5 Å². The van der Waals surface area contributed by atoms with E-state index in [4.69, 9.17) is 0 Å². The SMILES string of the molecule is O=C(c1n[nH]c(=O)c2ccccc12)N1CCC(Nc2ncccn2)C1. The zero-order valence-electron chi connectivity index (χ0n) is 13.3. The Labute approximate surface area is 142 Å². The van der Waals surface area contributed by atoms with Crippen LogP contribution in [0.25, 0.3) is 10.8 Å². The molecule has 0 aliphatic carbocycles. The molecule has 0 bridgehead atoms. The summed E-state index contributed by atoms with van der Waals surface area (Å²) < 4.78 is 0. The van der Waals surface area contributed by atoms with Crippen molar-refractivity contribution in [3.05, 3.63) is 58.8 Å². The summed E-state index contributed by atoms with van der Waals surface area (Å²) in [5.74, 6) is 0.361. The van der Waals surface area contributed by atoms with Crippen LogP contribution in [0.3, 0.4) is 0 Å². The monoisotopic (exact) mass is 336 g/mol. The van der Waals surface area contributed by atoms with Crippen molar-refractivity contribution in [1.29, 1.82) is 0 Å². The fourth-order valence-corrected chi connectivity index (χ4v) is 3.05. The zero-order chi connectivity index (χ0) is 17.2. The standard InChI is InChI=1S/C17H16N6O2/c24-15-13-5-2-1-4-12(13)14(21-22-15)16(25)23-9-6-11(10-23)20-17-18-7-3-8-19-17/h1-5,7-8,11H,6,9-10H2,(H,22,24)(H,18,19,20). The van der Waals surface area contributed by atoms with Crippen molar-refractivity contribution in [3.63, 3.8) is 0 Å². The number of aromatic nitrogens is 4. The highest BCUT2D eigenvalue weighted by molar-refractivity contribution is 6.04. The van der Waals surface area contributed by atoms with E-state index in [0.29, 0.717) is 29.8 Å². The van der Waals surface area contributed by atoms with Gasteiger partial charge in [0.25, 0.3) is 11.5 Å². The van der Waals surface area contributed by atoms with Crippen LogP contribution in [0.5, 0.6) is 0 Å². The van der Waals surface area contributed by atoms with E-state index in [0.717, 1.165) is 6.42 Å². The third kappa shape index (κ3) is 2.93. The Balaban J connectivity index is 1.55. The van der Waals surface area contributed by atoms with E-state index in [1.807, 2.05) is 0 Å². The molecule has 8 nitrogen and oxygen atoms in total. The summed E-state index contributed by atoms with van der Waals surface area (Å²) in [6.45, 7) is 1.14. The van der Waals surface area contributed by atoms with Crippen molar-refractivity contribution < 1.29 is 4.79 Å². The molecule has 1 aliphatic rings. The summed E-state index contributed by atoms with van der Waals surface area (Å²) >= 11 is 0. The first-order chi connectivity index (χ1) is 12.2. The number of carbonyl (C=O) groups excluding carboxylic acids is 1. The van der Waals surface area contributed by atoms with Gasteiger partial charge in [0.2, 0.25) is 5.95 Å². The van der Waals surface area contributed by atoms with Crippen molar-refractivity contribution >= 4 is 22.6 Å². The predicted molar refractivity (Wildman–Crippen MR) is 92.3 cm³/mol. The zero-order valence-corrected chi connectivity index (χ0v) is 13.3. The van der Waals surface area contributed by atoms with Crippen molar-refractivity contribution in [1.82, 2.24) is 25.1 Å². The molecule has 1 amide bonds. The average molecular weight is 336 g/mol. The highest BCUT2D eigenvalue weighted by atomic mass is 16.2. The summed E-state index contributed by atoms with van der Waals surface area (Å²) in [6, 6.07) is 8.83. The molecular formula is C17H16N6O2. The second-order valence-electron chi connectivity index (χ2n) is 5.90. The molecule has 25 heavy (non-hydrogen) atoms. The number of carbonyl (C=O) groups is 1. The molecule has 0 spiro atoms. The highest BCUT2D eigenvalue weighted by Crippen LogP contribution is 2.19. The third-order valence-electron chi connectivity index (χ3n) is 4.27. The molecule has 1 fully saturated rings. The lowest BCUT2D eigenvalue weighted by atomic mass is 10.1. The largest absolute Gasteiger partial charge is 0.350 e. The molecule has 1 aliphatic heterocycles. The maximum absolute atomic E-state index is 12.9. The van der Waals surface area contributed by atoms with Crippen molar-refractivity contribution in [2.75, 3.05) is 18.4 Å². The lowest BCUT2D eigenvalue weighted by molar-refractivity contribution is 0.0786. The van der Waals surface area contributed by atoms with Gasteiger partial charge in [-0.3, -0.25) is 9.59 Å². The lowest BCUT2D eigenvalue weighted by Gasteiger charge is -2.17. The van der Waals surface area contributed by atoms with E-state index < -0.39 is 0 Å². The second-order valence-corrected chi connectivity index (χ2v) is 5.90. The van der Waals surface area contributed by atoms with Crippen LogP contribution >= 0.6 is 0 Å². The van der Waals surface area contributed by atoms with Crippen LogP contribution in [-0.4, -0.2) is 50.1 Å². The van der Waals surface area contributed by atoms with E-state index in [1.54, 1.807) is 47.6 Å². The molecule has 4 rings (SSSR count). The molecule has 8 heteroatoms. The summed E-state index contributed by atoms with van der Waals surface area (Å²) in [5.41, 5.74) is -0.0267. The predicted octanol–water partition coefficient (Wildman–Crippen LogP) is 1.04. The minimum absolute atomic E-state index is 0.0837. The number of likely N-dealkylation sites (tertiary alicyclic amines) is 1. The van der Waals surface area contributed by atoms with E-state index in [-0.39, 0.29) is 23.2 Å². The number of nitrogens with one attached hydrogen (secondary N) is 2. The molecule has 2 aromatic heterocycles. The van der Waals surface area contributed by atoms with Crippen LogP contribution < -0.4 is 10.9 Å². The van der Waals surface area contributed by atoms with Crippen LogP contribution in [0.1, 0.15) is 16.9 Å². The number of nitrogens with zero attached hydrogens (tertiary/aromatic N) is 4. The van der Waals surface area contributed by atoms with Gasteiger partial charge in [-0.15, -0.1) is 0 Å². The Bertz CT molecular complexity index is 972. The maximum Gasteiger partial charge on any atom is 0.275 e. The quantitative estimate of drug-likeness (QED) is 0.741. The number of hydrogen-bond donors (Lipinski definition) is 2. The number of benzene rings is 1. The molecule has 2 N–H and O–H groups in total. The van der Waals surface area contributed by atoms with Gasteiger partial charge < -0.3 is 10.2 Å². The first-order valence-electron chi connectivity index (χ1n) is 8.02. The van der Waals surface area contributed by atoms with Crippen molar-refractivity contribution in [2.45, 2.75) is 12.5 Å². The smallest absolute Gasteiger partial charge is 0.275 e. The highest BCUT2D eigenvalue weighted by Gasteiger charge is 2.29. The fourth-order valence-electron chi connectivity index (χ4n) is 3.05. The number of amides is 1. The maximum atomic E-state index is 12.9. The average Bonchev–Trinajstić information content (AvgIpc) is 3.11. The van der Waals surface area contributed by atoms with Crippen LogP contribution in [0, 0.1) is 0 Å². The molecule has 1 atom stereocenters. The van der Waals surface area contributed by atoms with Gasteiger partial charge in [0.05, 0.1) is 5.39 Å². The van der Waals surface area contributed by atoms with Gasteiger partial charge in [-0.05, 0) is 18.6 Å². The molecule has 1 unspecified atom stereocenters. The molecular weight excluding hydrogens is 320 g/mol. The molecule has 0 saturated carbocycles. The number of H-pyrrole nitrogens is 1. The Morgan fingerprint density at radius 1 is 1.16 bits per heavy atom. The van der Waals surface area contributed by atoms with E-state index >= 15 is 0 Å². The number of aromatic amines is 1. The molecule has 0 radical (unpaired) electrons. The Hall–Kier alpha value is -3.29. The summed E-state index contributed by atoms with van der Waals surface area (Å²) in [5, 5.41) is 10.7. The van der Waals surface area contributed by atoms with Gasteiger partial charge in [0, 0.05) is 36.9 Å². The summed E-state index contributed by atoms with van der Waals surface area (Å²) in [7, 11) is 0. The van der Waals surface area contributed by atoms with Crippen molar-refractivity contribution in [2.24, 2.45) is 0 Å². The second kappa shape index (κ2) is 6.31. The third-order valence-corrected chi connectivity index (χ3v) is 4.27. The molecule has 1 saturated heterocycles. The summed E-state index contributed by atoms with van der Waals surface area (Å²) in [4.78, 5) is 34.7. The van der Waals surface area contributed by atoms with Gasteiger partial charge in [0.1, 0.15) is 0 Å². The van der Waals surface area contributed by atoms with Crippen LogP contribution in [0.2, 0.25) is 0 Å². The number of anilines is 1. The molecule has 126 valence electrons. The normalized spacial score (nSPS) is 17.0.